The van der Waals surface area contributed by atoms with Gasteiger partial charge in [-0.1, -0.05) is 50.3 Å². The van der Waals surface area contributed by atoms with Crippen molar-refractivity contribution in [2.45, 2.75) is 44.9 Å². The van der Waals surface area contributed by atoms with E-state index in [0.29, 0.717) is 10.9 Å². The van der Waals surface area contributed by atoms with E-state index in [1.54, 1.807) is 12.3 Å². The Kier molecular flexibility index (Phi) is 5.11. The van der Waals surface area contributed by atoms with Crippen LogP contribution in [0.1, 0.15) is 50.5 Å². The SMILES string of the molecule is O=c1[nH]c(O)c(C=NCCCC2CCCCC2)c2ccccc12. The van der Waals surface area contributed by atoms with Crippen LogP contribution in [0.4, 0.5) is 0 Å². The summed E-state index contributed by atoms with van der Waals surface area (Å²) in [5.74, 6) is 0.769. The predicted molar refractivity (Wildman–Crippen MR) is 94.5 cm³/mol. The first kappa shape index (κ1) is 15.8. The van der Waals surface area contributed by atoms with Gasteiger partial charge in [-0.05, 0) is 24.8 Å². The molecular weight excluding hydrogens is 288 g/mol. The van der Waals surface area contributed by atoms with E-state index in [4.69, 9.17) is 0 Å². The van der Waals surface area contributed by atoms with Gasteiger partial charge in [-0.25, -0.2) is 0 Å². The van der Waals surface area contributed by atoms with Crippen molar-refractivity contribution in [3.05, 3.63) is 40.2 Å². The molecule has 2 aromatic rings. The molecule has 1 heterocycles. The highest BCUT2D eigenvalue weighted by atomic mass is 16.3. The minimum absolute atomic E-state index is 0.107. The van der Waals surface area contributed by atoms with Crippen LogP contribution >= 0.6 is 0 Å². The number of aliphatic imine (C=N–C) groups is 1. The molecule has 0 saturated heterocycles. The third-order valence-corrected chi connectivity index (χ3v) is 4.79. The number of nitrogens with zero attached hydrogens (tertiary/aromatic N) is 1. The molecule has 4 nitrogen and oxygen atoms in total. The van der Waals surface area contributed by atoms with Gasteiger partial charge in [-0.3, -0.25) is 14.8 Å². The molecule has 0 amide bonds. The van der Waals surface area contributed by atoms with Gasteiger partial charge in [0.25, 0.3) is 5.56 Å². The first-order chi connectivity index (χ1) is 11.3. The number of fused-ring (bicyclic) bond motifs is 1. The summed E-state index contributed by atoms with van der Waals surface area (Å²) >= 11 is 0. The zero-order valence-corrected chi connectivity index (χ0v) is 13.4. The Balaban J connectivity index is 1.65. The fourth-order valence-electron chi connectivity index (χ4n) is 3.52. The molecule has 1 saturated carbocycles. The summed E-state index contributed by atoms with van der Waals surface area (Å²) in [6.07, 6.45) is 10.9. The summed E-state index contributed by atoms with van der Waals surface area (Å²) in [5, 5.41) is 11.3. The van der Waals surface area contributed by atoms with Crippen molar-refractivity contribution in [2.75, 3.05) is 6.54 Å². The van der Waals surface area contributed by atoms with Crippen LogP contribution in [0, 0.1) is 5.92 Å². The topological polar surface area (TPSA) is 65.5 Å². The third-order valence-electron chi connectivity index (χ3n) is 4.79. The maximum absolute atomic E-state index is 11.8. The molecule has 122 valence electrons. The summed E-state index contributed by atoms with van der Waals surface area (Å²) in [4.78, 5) is 18.8. The Labute approximate surface area is 136 Å². The molecule has 0 radical (unpaired) electrons. The Bertz CT molecular complexity index is 743. The molecule has 1 aliphatic carbocycles. The second-order valence-corrected chi connectivity index (χ2v) is 6.44. The minimum Gasteiger partial charge on any atom is -0.494 e. The van der Waals surface area contributed by atoms with E-state index >= 15 is 0 Å². The quantitative estimate of drug-likeness (QED) is 0.647. The van der Waals surface area contributed by atoms with Crippen LogP contribution < -0.4 is 5.56 Å². The van der Waals surface area contributed by atoms with E-state index in [1.807, 2.05) is 18.2 Å². The molecule has 23 heavy (non-hydrogen) atoms. The summed E-state index contributed by atoms with van der Waals surface area (Å²) in [5.41, 5.74) is 0.324. The number of aromatic amines is 1. The minimum atomic E-state index is -0.271. The number of rotatable bonds is 5. The van der Waals surface area contributed by atoms with Crippen LogP contribution in [0.3, 0.4) is 0 Å². The first-order valence-corrected chi connectivity index (χ1v) is 8.59. The highest BCUT2D eigenvalue weighted by molar-refractivity contribution is 6.01. The molecule has 2 N–H and O–H groups in total. The zero-order valence-electron chi connectivity index (χ0n) is 13.4. The molecule has 0 unspecified atom stereocenters. The molecular formula is C19H24N2O2. The van der Waals surface area contributed by atoms with Gasteiger partial charge in [0, 0.05) is 23.5 Å². The van der Waals surface area contributed by atoms with Gasteiger partial charge in [0.2, 0.25) is 5.88 Å². The zero-order chi connectivity index (χ0) is 16.1. The predicted octanol–water partition coefficient (Wildman–Crippen LogP) is 4.01. The molecule has 1 aliphatic rings. The van der Waals surface area contributed by atoms with Crippen molar-refractivity contribution in [2.24, 2.45) is 10.9 Å². The van der Waals surface area contributed by atoms with Crippen molar-refractivity contribution in [1.82, 2.24) is 4.98 Å². The smallest absolute Gasteiger partial charge is 0.258 e. The van der Waals surface area contributed by atoms with Crippen LogP contribution in [-0.2, 0) is 0 Å². The van der Waals surface area contributed by atoms with Gasteiger partial charge in [0.05, 0.1) is 5.56 Å². The Morgan fingerprint density at radius 3 is 2.70 bits per heavy atom. The lowest BCUT2D eigenvalue weighted by atomic mass is 9.86. The largest absolute Gasteiger partial charge is 0.494 e. The maximum atomic E-state index is 11.8. The van der Waals surface area contributed by atoms with Gasteiger partial charge in [0.15, 0.2) is 0 Å². The lowest BCUT2D eigenvalue weighted by Gasteiger charge is -2.20. The van der Waals surface area contributed by atoms with Gasteiger partial charge >= 0.3 is 0 Å². The Morgan fingerprint density at radius 2 is 1.91 bits per heavy atom. The first-order valence-electron chi connectivity index (χ1n) is 8.59. The van der Waals surface area contributed by atoms with Crippen LogP contribution in [0.25, 0.3) is 10.8 Å². The van der Waals surface area contributed by atoms with Gasteiger partial charge in [0.1, 0.15) is 0 Å². The summed E-state index contributed by atoms with van der Waals surface area (Å²) < 4.78 is 0. The highest BCUT2D eigenvalue weighted by Crippen LogP contribution is 2.27. The van der Waals surface area contributed by atoms with Crippen molar-refractivity contribution < 1.29 is 5.11 Å². The molecule has 4 heteroatoms. The molecule has 1 aromatic carbocycles. The molecule has 1 fully saturated rings. The maximum Gasteiger partial charge on any atom is 0.258 e. The number of aromatic nitrogens is 1. The molecule has 0 aliphatic heterocycles. The lowest BCUT2D eigenvalue weighted by molar-refractivity contribution is 0.334. The average molecular weight is 312 g/mol. The van der Waals surface area contributed by atoms with Crippen molar-refractivity contribution >= 4 is 17.0 Å². The number of aromatic hydroxyl groups is 1. The normalized spacial score (nSPS) is 16.3. The fourth-order valence-corrected chi connectivity index (χ4v) is 3.52. The monoisotopic (exact) mass is 312 g/mol. The molecule has 1 aromatic heterocycles. The Morgan fingerprint density at radius 1 is 1.17 bits per heavy atom. The highest BCUT2D eigenvalue weighted by Gasteiger charge is 2.12. The second-order valence-electron chi connectivity index (χ2n) is 6.44. The van der Waals surface area contributed by atoms with Crippen molar-refractivity contribution in [3.63, 3.8) is 0 Å². The van der Waals surface area contributed by atoms with Crippen molar-refractivity contribution in [3.8, 4) is 5.88 Å². The van der Waals surface area contributed by atoms with Gasteiger partial charge in [-0.15, -0.1) is 0 Å². The Hall–Kier alpha value is -2.10. The lowest BCUT2D eigenvalue weighted by Crippen LogP contribution is -2.08. The standard InChI is InChI=1S/C19H24N2O2/c22-18-16-11-5-4-10-15(16)17(19(23)21-18)13-20-12-6-9-14-7-2-1-3-8-14/h4-5,10-11,13-14H,1-3,6-9,12H2,(H2,21,22,23). The number of hydrogen-bond acceptors (Lipinski definition) is 3. The number of pyridine rings is 1. The van der Waals surface area contributed by atoms with E-state index in [2.05, 4.69) is 9.98 Å². The molecule has 0 spiro atoms. The molecule has 0 bridgehead atoms. The van der Waals surface area contributed by atoms with E-state index < -0.39 is 0 Å². The summed E-state index contributed by atoms with van der Waals surface area (Å²) in [6, 6.07) is 7.28. The van der Waals surface area contributed by atoms with Gasteiger partial charge in [-0.2, -0.15) is 0 Å². The van der Waals surface area contributed by atoms with Crippen LogP contribution in [-0.4, -0.2) is 22.8 Å². The summed E-state index contributed by atoms with van der Waals surface area (Å²) in [7, 11) is 0. The van der Waals surface area contributed by atoms with E-state index in [9.17, 15) is 9.90 Å². The second kappa shape index (κ2) is 7.44. The van der Waals surface area contributed by atoms with Gasteiger partial charge < -0.3 is 5.11 Å². The molecule has 3 rings (SSSR count). The van der Waals surface area contributed by atoms with Crippen LogP contribution in [0.5, 0.6) is 5.88 Å². The number of hydrogen-bond donors (Lipinski definition) is 2. The number of nitrogens with one attached hydrogen (secondary N) is 1. The van der Waals surface area contributed by atoms with Crippen LogP contribution in [0.2, 0.25) is 0 Å². The summed E-state index contributed by atoms with van der Waals surface area (Å²) in [6.45, 7) is 0.767. The van der Waals surface area contributed by atoms with E-state index in [0.717, 1.165) is 24.3 Å². The average Bonchev–Trinajstić information content (AvgIpc) is 2.58. The third kappa shape index (κ3) is 3.81. The number of H-pyrrole nitrogens is 1. The van der Waals surface area contributed by atoms with Crippen molar-refractivity contribution in [1.29, 1.82) is 0 Å². The van der Waals surface area contributed by atoms with E-state index in [1.165, 1.54) is 38.5 Å². The van der Waals surface area contributed by atoms with Crippen LogP contribution in [0.15, 0.2) is 34.1 Å². The van der Waals surface area contributed by atoms with E-state index in [-0.39, 0.29) is 11.4 Å². The molecule has 0 atom stereocenters. The number of benzene rings is 1. The fraction of sp³-hybridized carbons (Fsp3) is 0.474.